The van der Waals surface area contributed by atoms with E-state index in [0.717, 1.165) is 42.8 Å². The Hall–Kier alpha value is 0.01000. The van der Waals surface area contributed by atoms with E-state index in [-0.39, 0.29) is 6.04 Å². The summed E-state index contributed by atoms with van der Waals surface area (Å²) in [6.07, 6.45) is 3.20. The molecule has 0 amide bonds. The van der Waals surface area contributed by atoms with Gasteiger partial charge >= 0.3 is 0 Å². The van der Waals surface area contributed by atoms with Crippen molar-refractivity contribution >= 4 is 37.3 Å². The Morgan fingerprint density at radius 3 is 2.82 bits per heavy atom. The fraction of sp³-hybridized carbons (Fsp3) is 0.714. The van der Waals surface area contributed by atoms with E-state index in [1.54, 1.807) is 16.4 Å². The van der Waals surface area contributed by atoms with Gasteiger partial charge in [0.25, 0.3) is 10.0 Å². The molecule has 0 spiro atoms. The van der Waals surface area contributed by atoms with Crippen molar-refractivity contribution in [3.8, 4) is 0 Å². The molecule has 0 aromatic carbocycles. The van der Waals surface area contributed by atoms with Gasteiger partial charge in [0, 0.05) is 38.9 Å². The van der Waals surface area contributed by atoms with Gasteiger partial charge in [-0.25, -0.2) is 8.42 Å². The number of rotatable bonds is 4. The second-order valence-corrected chi connectivity index (χ2v) is 10.5. The van der Waals surface area contributed by atoms with Crippen molar-refractivity contribution in [2.45, 2.75) is 29.5 Å². The van der Waals surface area contributed by atoms with Crippen molar-refractivity contribution in [3.05, 3.63) is 15.9 Å². The second kappa shape index (κ2) is 7.27. The molecule has 1 aromatic heterocycles. The molecule has 2 saturated heterocycles. The molecular weight excluding hydrogens is 388 g/mol. The predicted molar refractivity (Wildman–Crippen MR) is 90.7 cm³/mol. The zero-order valence-corrected chi connectivity index (χ0v) is 15.6. The number of sulfonamides is 1. The van der Waals surface area contributed by atoms with Gasteiger partial charge in [-0.1, -0.05) is 0 Å². The Morgan fingerprint density at radius 2 is 2.14 bits per heavy atom. The van der Waals surface area contributed by atoms with Gasteiger partial charge in [-0.3, -0.25) is 0 Å². The lowest BCUT2D eigenvalue weighted by Crippen LogP contribution is -2.53. The third kappa shape index (κ3) is 3.91. The number of hydrogen-bond donors (Lipinski definition) is 1. The first-order valence-electron chi connectivity index (χ1n) is 7.62. The minimum Gasteiger partial charge on any atom is -0.381 e. The van der Waals surface area contributed by atoms with Crippen LogP contribution in [0.15, 0.2) is 20.1 Å². The molecule has 2 aliphatic rings. The van der Waals surface area contributed by atoms with Crippen LogP contribution in [0.2, 0.25) is 0 Å². The van der Waals surface area contributed by atoms with Crippen molar-refractivity contribution in [1.82, 2.24) is 9.62 Å². The van der Waals surface area contributed by atoms with Gasteiger partial charge in [0.2, 0.25) is 0 Å². The van der Waals surface area contributed by atoms with Crippen molar-refractivity contribution in [3.63, 3.8) is 0 Å². The minimum absolute atomic E-state index is 0.245. The van der Waals surface area contributed by atoms with Crippen LogP contribution in [0.1, 0.15) is 19.3 Å². The first-order valence-corrected chi connectivity index (χ1v) is 10.7. The van der Waals surface area contributed by atoms with Crippen LogP contribution in [0, 0.1) is 5.92 Å². The van der Waals surface area contributed by atoms with E-state index in [1.165, 1.54) is 11.3 Å². The number of piperazine rings is 1. The van der Waals surface area contributed by atoms with Crippen molar-refractivity contribution in [2.75, 3.05) is 32.8 Å². The molecule has 0 saturated carbocycles. The van der Waals surface area contributed by atoms with Crippen LogP contribution in [0.5, 0.6) is 0 Å². The summed E-state index contributed by atoms with van der Waals surface area (Å²) in [7, 11) is -3.36. The lowest BCUT2D eigenvalue weighted by Gasteiger charge is -2.35. The standard InChI is InChI=1S/C14H21BrN2O3S2/c15-13-1-2-14(21-13)22(18,19)17-6-5-16-12(10-17)9-11-3-7-20-8-4-11/h1-2,11-12,16H,3-10H2/t12-/m0/s1. The summed E-state index contributed by atoms with van der Waals surface area (Å²) in [5.74, 6) is 0.643. The third-order valence-corrected chi connectivity index (χ3v) is 8.28. The summed E-state index contributed by atoms with van der Waals surface area (Å²) < 4.78 is 33.7. The zero-order valence-electron chi connectivity index (χ0n) is 12.3. The summed E-state index contributed by atoms with van der Waals surface area (Å²) in [5.41, 5.74) is 0. The highest BCUT2D eigenvalue weighted by Gasteiger charge is 2.32. The SMILES string of the molecule is O=S(=O)(c1ccc(Br)s1)N1CCN[C@@H](CC2CCOCC2)C1. The van der Waals surface area contributed by atoms with Gasteiger partial charge in [0.15, 0.2) is 0 Å². The molecule has 3 heterocycles. The Kier molecular flexibility index (Phi) is 5.57. The lowest BCUT2D eigenvalue weighted by molar-refractivity contribution is 0.0586. The Balaban J connectivity index is 1.64. The molecule has 1 aromatic rings. The third-order valence-electron chi connectivity index (χ3n) is 4.32. The molecule has 5 nitrogen and oxygen atoms in total. The van der Waals surface area contributed by atoms with Crippen molar-refractivity contribution in [1.29, 1.82) is 0 Å². The number of hydrogen-bond acceptors (Lipinski definition) is 5. The molecule has 0 bridgehead atoms. The molecule has 8 heteroatoms. The maximum atomic E-state index is 12.7. The van der Waals surface area contributed by atoms with Gasteiger partial charge in [0.1, 0.15) is 4.21 Å². The van der Waals surface area contributed by atoms with Crippen LogP contribution in [0.4, 0.5) is 0 Å². The average Bonchev–Trinajstić information content (AvgIpc) is 2.96. The first kappa shape index (κ1) is 16.9. The van der Waals surface area contributed by atoms with E-state index in [1.807, 2.05) is 0 Å². The summed E-state index contributed by atoms with van der Waals surface area (Å²) in [4.78, 5) is 0. The number of nitrogens with one attached hydrogen (secondary N) is 1. The molecule has 2 aliphatic heterocycles. The molecule has 124 valence electrons. The van der Waals surface area contributed by atoms with Gasteiger partial charge in [0.05, 0.1) is 3.79 Å². The van der Waals surface area contributed by atoms with Crippen LogP contribution in [-0.4, -0.2) is 51.6 Å². The second-order valence-electron chi connectivity index (χ2n) is 5.86. The summed E-state index contributed by atoms with van der Waals surface area (Å²) in [6.45, 7) is 3.50. The summed E-state index contributed by atoms with van der Waals surface area (Å²) >= 11 is 4.61. The molecule has 0 unspecified atom stereocenters. The number of thiophene rings is 1. The van der Waals surface area contributed by atoms with Crippen molar-refractivity contribution in [2.24, 2.45) is 5.92 Å². The molecule has 0 aliphatic carbocycles. The van der Waals surface area contributed by atoms with Gasteiger partial charge in [-0.2, -0.15) is 4.31 Å². The first-order chi connectivity index (χ1) is 10.6. The summed E-state index contributed by atoms with van der Waals surface area (Å²) in [6, 6.07) is 3.72. The highest BCUT2D eigenvalue weighted by atomic mass is 79.9. The van der Waals surface area contributed by atoms with Crippen LogP contribution < -0.4 is 5.32 Å². The van der Waals surface area contributed by atoms with E-state index in [9.17, 15) is 8.42 Å². The molecule has 3 rings (SSSR count). The molecule has 1 atom stereocenters. The van der Waals surface area contributed by atoms with Crippen molar-refractivity contribution < 1.29 is 13.2 Å². The summed E-state index contributed by atoms with van der Waals surface area (Å²) in [5, 5.41) is 3.47. The largest absolute Gasteiger partial charge is 0.381 e. The van der Waals surface area contributed by atoms with E-state index < -0.39 is 10.0 Å². The van der Waals surface area contributed by atoms with E-state index in [4.69, 9.17) is 4.74 Å². The normalized spacial score (nSPS) is 25.4. The Labute approximate surface area is 144 Å². The number of ether oxygens (including phenoxy) is 1. The monoisotopic (exact) mass is 408 g/mol. The highest BCUT2D eigenvalue weighted by Crippen LogP contribution is 2.29. The van der Waals surface area contributed by atoms with Crippen LogP contribution in [0.25, 0.3) is 0 Å². The Bertz CT molecular complexity index is 599. The predicted octanol–water partition coefficient (Wildman–Crippen LogP) is 2.29. The fourth-order valence-corrected chi connectivity index (χ4v) is 6.77. The lowest BCUT2D eigenvalue weighted by atomic mass is 9.92. The van der Waals surface area contributed by atoms with Gasteiger partial charge in [-0.15, -0.1) is 11.3 Å². The quantitative estimate of drug-likeness (QED) is 0.829. The molecule has 1 N–H and O–H groups in total. The molecule has 2 fully saturated rings. The smallest absolute Gasteiger partial charge is 0.252 e. The average molecular weight is 409 g/mol. The number of halogens is 1. The van der Waals surface area contributed by atoms with Gasteiger partial charge < -0.3 is 10.1 Å². The maximum absolute atomic E-state index is 12.7. The van der Waals surface area contributed by atoms with Crippen LogP contribution >= 0.6 is 27.3 Å². The minimum atomic E-state index is -3.36. The van der Waals surface area contributed by atoms with Crippen LogP contribution in [-0.2, 0) is 14.8 Å². The fourth-order valence-electron chi connectivity index (χ4n) is 3.12. The highest BCUT2D eigenvalue weighted by molar-refractivity contribution is 9.11. The van der Waals surface area contributed by atoms with E-state index in [0.29, 0.717) is 23.2 Å². The van der Waals surface area contributed by atoms with E-state index >= 15 is 0 Å². The topological polar surface area (TPSA) is 58.6 Å². The number of nitrogens with zero attached hydrogens (tertiary/aromatic N) is 1. The Morgan fingerprint density at radius 1 is 1.36 bits per heavy atom. The molecule has 22 heavy (non-hydrogen) atoms. The molecular formula is C14H21BrN2O3S2. The van der Waals surface area contributed by atoms with Gasteiger partial charge in [-0.05, 0) is 53.2 Å². The zero-order chi connectivity index (χ0) is 15.6. The maximum Gasteiger partial charge on any atom is 0.252 e. The molecule has 0 radical (unpaired) electrons. The van der Waals surface area contributed by atoms with Crippen LogP contribution in [0.3, 0.4) is 0 Å². The van der Waals surface area contributed by atoms with E-state index in [2.05, 4.69) is 21.2 Å².